The van der Waals surface area contributed by atoms with Crippen molar-refractivity contribution in [1.29, 1.82) is 0 Å². The van der Waals surface area contributed by atoms with Gasteiger partial charge in [0.15, 0.2) is 0 Å². The van der Waals surface area contributed by atoms with Crippen molar-refractivity contribution in [2.45, 2.75) is 6.92 Å². The van der Waals surface area contributed by atoms with Gasteiger partial charge in [-0.05, 0) is 61.5 Å². The van der Waals surface area contributed by atoms with Crippen molar-refractivity contribution < 1.29 is 23.7 Å². The van der Waals surface area contributed by atoms with Gasteiger partial charge in [0.1, 0.15) is 23.0 Å². The summed E-state index contributed by atoms with van der Waals surface area (Å²) >= 11 is 0. The predicted molar refractivity (Wildman–Crippen MR) is 99.2 cm³/mol. The molecule has 0 spiro atoms. The van der Waals surface area contributed by atoms with Gasteiger partial charge in [0, 0.05) is 11.1 Å². The molecule has 0 saturated heterocycles. The summed E-state index contributed by atoms with van der Waals surface area (Å²) in [7, 11) is 3.17. The monoisotopic (exact) mass is 352 g/mol. The lowest BCUT2D eigenvalue weighted by atomic mass is 10.1. The number of carbonyl (C=O) groups is 1. The molecule has 5 heteroatoms. The number of esters is 1. The Hall–Kier alpha value is -3.21. The molecule has 0 bridgehead atoms. The van der Waals surface area contributed by atoms with Crippen LogP contribution in [-0.2, 0) is 9.53 Å². The molecule has 1 heterocycles. The zero-order valence-electron chi connectivity index (χ0n) is 14.9. The molecule has 0 atom stereocenters. The fourth-order valence-electron chi connectivity index (χ4n) is 2.63. The number of benzene rings is 2. The Bertz CT molecular complexity index is 862. The van der Waals surface area contributed by atoms with Crippen LogP contribution < -0.4 is 14.2 Å². The largest absolute Gasteiger partial charge is 0.497 e. The Morgan fingerprint density at radius 1 is 1.00 bits per heavy atom. The summed E-state index contributed by atoms with van der Waals surface area (Å²) in [5.41, 5.74) is 1.99. The molecule has 0 radical (unpaired) electrons. The average Bonchev–Trinajstić information content (AvgIpc) is 3.03. The van der Waals surface area contributed by atoms with Crippen LogP contribution >= 0.6 is 0 Å². The third kappa shape index (κ3) is 3.72. The van der Waals surface area contributed by atoms with E-state index in [1.807, 2.05) is 37.3 Å². The van der Waals surface area contributed by atoms with Crippen LogP contribution in [0.1, 0.15) is 18.1 Å². The van der Waals surface area contributed by atoms with E-state index in [-0.39, 0.29) is 0 Å². The van der Waals surface area contributed by atoms with Gasteiger partial charge in [0.25, 0.3) is 0 Å². The molecule has 1 aliphatic rings. The van der Waals surface area contributed by atoms with Gasteiger partial charge in [-0.15, -0.1) is 0 Å². The number of hydrogen-bond acceptors (Lipinski definition) is 5. The highest BCUT2D eigenvalue weighted by molar-refractivity contribution is 6.05. The minimum Gasteiger partial charge on any atom is -0.497 e. The van der Waals surface area contributed by atoms with Crippen molar-refractivity contribution in [1.82, 2.24) is 0 Å². The lowest BCUT2D eigenvalue weighted by molar-refractivity contribution is -0.130. The summed E-state index contributed by atoms with van der Waals surface area (Å²) in [6.07, 6.45) is 3.45. The molecule has 134 valence electrons. The maximum atomic E-state index is 12.2. The van der Waals surface area contributed by atoms with Crippen LogP contribution in [-0.4, -0.2) is 26.8 Å². The highest BCUT2D eigenvalue weighted by Gasteiger charge is 2.22. The van der Waals surface area contributed by atoms with Gasteiger partial charge in [-0.3, -0.25) is 0 Å². The molecule has 0 aliphatic carbocycles. The molecule has 1 aliphatic heterocycles. The fraction of sp³-hybridized carbons (Fsp3) is 0.190. The summed E-state index contributed by atoms with van der Waals surface area (Å²) < 4.78 is 21.4. The summed E-state index contributed by atoms with van der Waals surface area (Å²) in [6, 6.07) is 12.8. The molecule has 3 rings (SSSR count). The van der Waals surface area contributed by atoms with Crippen LogP contribution in [0, 0.1) is 0 Å². The van der Waals surface area contributed by atoms with Gasteiger partial charge in [-0.2, -0.15) is 0 Å². The lowest BCUT2D eigenvalue weighted by Crippen LogP contribution is -1.98. The smallest absolute Gasteiger partial charge is 0.343 e. The molecular formula is C21H20O5. The van der Waals surface area contributed by atoms with Crippen LogP contribution in [0.3, 0.4) is 0 Å². The maximum absolute atomic E-state index is 12.2. The summed E-state index contributed by atoms with van der Waals surface area (Å²) in [4.78, 5) is 12.2. The first-order valence-corrected chi connectivity index (χ1v) is 8.25. The van der Waals surface area contributed by atoms with E-state index < -0.39 is 5.97 Å². The van der Waals surface area contributed by atoms with Gasteiger partial charge in [0.2, 0.25) is 0 Å². The normalized spacial score (nSPS) is 14.8. The number of hydrogen-bond donors (Lipinski definition) is 0. The van der Waals surface area contributed by atoms with E-state index in [4.69, 9.17) is 18.9 Å². The fourth-order valence-corrected chi connectivity index (χ4v) is 2.63. The van der Waals surface area contributed by atoms with E-state index >= 15 is 0 Å². The average molecular weight is 352 g/mol. The molecule has 0 aromatic heterocycles. The number of rotatable bonds is 6. The number of cyclic esters (lactones) is 1. The first-order chi connectivity index (χ1) is 12.6. The predicted octanol–water partition coefficient (Wildman–Crippen LogP) is 4.08. The van der Waals surface area contributed by atoms with Gasteiger partial charge < -0.3 is 18.9 Å². The van der Waals surface area contributed by atoms with Crippen LogP contribution in [0.5, 0.6) is 17.2 Å². The second kappa shape index (κ2) is 7.78. The Labute approximate surface area is 152 Å². The SMILES string of the molecule is CCOc1ccc(C2=CC(=Cc3cc(OC)ccc3OC)C(=O)O2)cc1. The number of carbonyl (C=O) groups excluding carboxylic acids is 1. The van der Waals surface area contributed by atoms with Crippen molar-refractivity contribution >= 4 is 17.8 Å². The number of methoxy groups -OCH3 is 2. The number of ether oxygens (including phenoxy) is 4. The van der Waals surface area contributed by atoms with Crippen molar-refractivity contribution in [3.05, 3.63) is 65.2 Å². The van der Waals surface area contributed by atoms with E-state index in [0.29, 0.717) is 29.4 Å². The summed E-state index contributed by atoms with van der Waals surface area (Å²) in [5.74, 6) is 2.21. The summed E-state index contributed by atoms with van der Waals surface area (Å²) in [6.45, 7) is 2.53. The third-order valence-electron chi connectivity index (χ3n) is 3.92. The van der Waals surface area contributed by atoms with Crippen LogP contribution in [0.2, 0.25) is 0 Å². The standard InChI is InChI=1S/C21H20O5/c1-4-25-17-7-5-14(6-8-17)20-13-16(21(22)26-20)11-15-12-18(23-2)9-10-19(15)24-3/h5-13H,4H2,1-3H3. The lowest BCUT2D eigenvalue weighted by Gasteiger charge is -2.07. The van der Waals surface area contributed by atoms with E-state index in [2.05, 4.69) is 0 Å². The molecule has 0 saturated carbocycles. The van der Waals surface area contributed by atoms with E-state index in [0.717, 1.165) is 16.9 Å². The highest BCUT2D eigenvalue weighted by atomic mass is 16.5. The topological polar surface area (TPSA) is 54.0 Å². The molecule has 0 amide bonds. The van der Waals surface area contributed by atoms with E-state index in [9.17, 15) is 4.79 Å². The summed E-state index contributed by atoms with van der Waals surface area (Å²) in [5, 5.41) is 0. The van der Waals surface area contributed by atoms with Crippen LogP contribution in [0.4, 0.5) is 0 Å². The van der Waals surface area contributed by atoms with Gasteiger partial charge in [-0.1, -0.05) is 0 Å². The van der Waals surface area contributed by atoms with Crippen molar-refractivity contribution in [3.63, 3.8) is 0 Å². The Kier molecular flexibility index (Phi) is 5.27. The second-order valence-corrected chi connectivity index (χ2v) is 5.56. The Morgan fingerprint density at radius 2 is 1.73 bits per heavy atom. The van der Waals surface area contributed by atoms with Crippen molar-refractivity contribution in [2.24, 2.45) is 0 Å². The van der Waals surface area contributed by atoms with Gasteiger partial charge in [-0.25, -0.2) is 4.79 Å². The van der Waals surface area contributed by atoms with Crippen molar-refractivity contribution in [3.8, 4) is 17.2 Å². The van der Waals surface area contributed by atoms with Gasteiger partial charge in [0.05, 0.1) is 26.4 Å². The second-order valence-electron chi connectivity index (χ2n) is 5.56. The molecule has 0 N–H and O–H groups in total. The Balaban J connectivity index is 1.91. The molecule has 0 fully saturated rings. The first kappa shape index (κ1) is 17.6. The molecule has 2 aromatic carbocycles. The minimum absolute atomic E-state index is 0.404. The minimum atomic E-state index is -0.404. The molecule has 5 nitrogen and oxygen atoms in total. The third-order valence-corrected chi connectivity index (χ3v) is 3.92. The quantitative estimate of drug-likeness (QED) is 0.579. The van der Waals surface area contributed by atoms with E-state index in [1.165, 1.54) is 0 Å². The zero-order valence-corrected chi connectivity index (χ0v) is 14.9. The van der Waals surface area contributed by atoms with Gasteiger partial charge >= 0.3 is 5.97 Å². The Morgan fingerprint density at radius 3 is 2.38 bits per heavy atom. The molecule has 2 aromatic rings. The van der Waals surface area contributed by atoms with E-state index in [1.54, 1.807) is 38.5 Å². The molecule has 26 heavy (non-hydrogen) atoms. The van der Waals surface area contributed by atoms with Crippen molar-refractivity contribution in [2.75, 3.05) is 20.8 Å². The van der Waals surface area contributed by atoms with Crippen LogP contribution in [0.15, 0.2) is 54.1 Å². The zero-order chi connectivity index (χ0) is 18.5. The maximum Gasteiger partial charge on any atom is 0.343 e. The molecular weight excluding hydrogens is 332 g/mol. The highest BCUT2D eigenvalue weighted by Crippen LogP contribution is 2.31. The molecule has 0 unspecified atom stereocenters. The first-order valence-electron chi connectivity index (χ1n) is 8.25. The van der Waals surface area contributed by atoms with Crippen LogP contribution in [0.25, 0.3) is 11.8 Å².